The van der Waals surface area contributed by atoms with Crippen LogP contribution < -0.4 is 4.74 Å². The Morgan fingerprint density at radius 3 is 1.59 bits per heavy atom. The second-order valence-electron chi connectivity index (χ2n) is 14.1. The average molecular weight is 689 g/mol. The maximum atomic E-state index is 6.86. The van der Waals surface area contributed by atoms with Crippen LogP contribution in [0, 0.1) is 0 Å². The Morgan fingerprint density at radius 2 is 0.870 bits per heavy atom. The van der Waals surface area contributed by atoms with Crippen molar-refractivity contribution in [3.8, 4) is 67.7 Å². The number of hydrogen-bond acceptors (Lipinski definition) is 3. The largest absolute Gasteiger partial charge is 0.457 e. The molecular formula is C51H32N2O. The Morgan fingerprint density at radius 1 is 0.333 bits per heavy atom. The number of fused-ring (bicyclic) bond motifs is 10. The summed E-state index contributed by atoms with van der Waals surface area (Å²) in [6, 6.07) is 68.8. The Balaban J connectivity index is 1.13. The second-order valence-corrected chi connectivity index (χ2v) is 14.1. The van der Waals surface area contributed by atoms with Crippen molar-refractivity contribution in [3.63, 3.8) is 0 Å². The van der Waals surface area contributed by atoms with Gasteiger partial charge in [0.15, 0.2) is 5.82 Å². The zero-order chi connectivity index (χ0) is 35.6. The topological polar surface area (TPSA) is 35.0 Å². The van der Waals surface area contributed by atoms with Crippen LogP contribution >= 0.6 is 0 Å². The minimum atomic E-state index is -0.513. The molecule has 0 unspecified atom stereocenters. The van der Waals surface area contributed by atoms with Gasteiger partial charge in [0, 0.05) is 27.8 Å². The van der Waals surface area contributed by atoms with Gasteiger partial charge in [-0.2, -0.15) is 0 Å². The van der Waals surface area contributed by atoms with Crippen molar-refractivity contribution in [2.24, 2.45) is 0 Å². The molecule has 8 aromatic carbocycles. The van der Waals surface area contributed by atoms with Crippen LogP contribution in [0.1, 0.15) is 22.3 Å². The van der Waals surface area contributed by atoms with E-state index < -0.39 is 5.41 Å². The summed E-state index contributed by atoms with van der Waals surface area (Å²) in [6.07, 6.45) is 0. The molecule has 0 saturated heterocycles. The van der Waals surface area contributed by atoms with E-state index in [9.17, 15) is 0 Å². The van der Waals surface area contributed by atoms with Gasteiger partial charge in [0.25, 0.3) is 0 Å². The minimum absolute atomic E-state index is 0.513. The average Bonchev–Trinajstić information content (AvgIpc) is 3.54. The highest BCUT2D eigenvalue weighted by molar-refractivity contribution is 6.04. The van der Waals surface area contributed by atoms with Crippen molar-refractivity contribution in [2.45, 2.75) is 5.41 Å². The molecular weight excluding hydrogens is 657 g/mol. The smallest absolute Gasteiger partial charge is 0.160 e. The highest BCUT2D eigenvalue weighted by Gasteiger charge is 2.50. The van der Waals surface area contributed by atoms with E-state index in [-0.39, 0.29) is 0 Å². The van der Waals surface area contributed by atoms with Crippen LogP contribution in [0.5, 0.6) is 11.5 Å². The van der Waals surface area contributed by atoms with Crippen LogP contribution in [0.2, 0.25) is 0 Å². The molecule has 0 bridgehead atoms. The fraction of sp³-hybridized carbons (Fsp3) is 0.0196. The van der Waals surface area contributed by atoms with E-state index in [1.54, 1.807) is 0 Å². The van der Waals surface area contributed by atoms with Gasteiger partial charge >= 0.3 is 0 Å². The summed E-state index contributed by atoms with van der Waals surface area (Å²) >= 11 is 0. The summed E-state index contributed by atoms with van der Waals surface area (Å²) in [4.78, 5) is 10.5. The molecule has 1 aliphatic heterocycles. The number of ether oxygens (including phenoxy) is 1. The number of rotatable bonds is 4. The van der Waals surface area contributed by atoms with E-state index in [1.807, 2.05) is 18.2 Å². The van der Waals surface area contributed by atoms with Gasteiger partial charge in [-0.25, -0.2) is 9.97 Å². The summed E-state index contributed by atoms with van der Waals surface area (Å²) in [7, 11) is 0. The number of benzene rings is 8. The number of para-hydroxylation sites is 1. The van der Waals surface area contributed by atoms with Crippen LogP contribution in [0.15, 0.2) is 194 Å². The molecule has 0 fully saturated rings. The Kier molecular flexibility index (Phi) is 6.77. The summed E-state index contributed by atoms with van der Waals surface area (Å²) < 4.78 is 6.86. The molecule has 9 aromatic rings. The normalized spacial score (nSPS) is 13.1. The van der Waals surface area contributed by atoms with Crippen LogP contribution in [0.4, 0.5) is 0 Å². The first-order valence-corrected chi connectivity index (χ1v) is 18.4. The van der Waals surface area contributed by atoms with Crippen LogP contribution in [0.25, 0.3) is 66.9 Å². The molecule has 2 aliphatic rings. The first-order valence-electron chi connectivity index (χ1n) is 18.4. The molecule has 0 saturated carbocycles. The Hall–Kier alpha value is -7.10. The molecule has 3 heteroatoms. The van der Waals surface area contributed by atoms with E-state index >= 15 is 0 Å². The molecule has 0 N–H and O–H groups in total. The molecule has 2 heterocycles. The van der Waals surface area contributed by atoms with E-state index in [0.717, 1.165) is 56.1 Å². The summed E-state index contributed by atoms with van der Waals surface area (Å²) in [5, 5.41) is 2.33. The molecule has 0 radical (unpaired) electrons. The fourth-order valence-corrected chi connectivity index (χ4v) is 8.86. The lowest BCUT2D eigenvalue weighted by molar-refractivity contribution is 0.436. The van der Waals surface area contributed by atoms with Crippen LogP contribution in [0.3, 0.4) is 0 Å². The lowest BCUT2D eigenvalue weighted by Gasteiger charge is -2.39. The first-order chi connectivity index (χ1) is 26.8. The first kappa shape index (κ1) is 30.5. The summed E-state index contributed by atoms with van der Waals surface area (Å²) in [6.45, 7) is 0. The van der Waals surface area contributed by atoms with E-state index in [0.29, 0.717) is 5.82 Å². The Labute approximate surface area is 313 Å². The molecule has 0 atom stereocenters. The van der Waals surface area contributed by atoms with Crippen LogP contribution in [-0.2, 0) is 5.41 Å². The zero-order valence-corrected chi connectivity index (χ0v) is 29.3. The van der Waals surface area contributed by atoms with Gasteiger partial charge in [0.05, 0.1) is 16.8 Å². The van der Waals surface area contributed by atoms with E-state index in [2.05, 4.69) is 176 Å². The lowest BCUT2D eigenvalue weighted by Crippen LogP contribution is -2.32. The molecule has 252 valence electrons. The van der Waals surface area contributed by atoms with Crippen molar-refractivity contribution in [3.05, 3.63) is 216 Å². The minimum Gasteiger partial charge on any atom is -0.457 e. The number of nitrogens with zero attached hydrogens (tertiary/aromatic N) is 2. The molecule has 54 heavy (non-hydrogen) atoms. The van der Waals surface area contributed by atoms with Crippen molar-refractivity contribution >= 4 is 10.8 Å². The van der Waals surface area contributed by atoms with Gasteiger partial charge in [-0.05, 0) is 62.4 Å². The monoisotopic (exact) mass is 688 g/mol. The third kappa shape index (κ3) is 4.49. The third-order valence-corrected chi connectivity index (χ3v) is 11.2. The van der Waals surface area contributed by atoms with Gasteiger partial charge < -0.3 is 4.74 Å². The molecule has 1 aromatic heterocycles. The molecule has 3 nitrogen and oxygen atoms in total. The quantitative estimate of drug-likeness (QED) is 0.185. The Bertz CT molecular complexity index is 2870. The van der Waals surface area contributed by atoms with Crippen molar-refractivity contribution < 1.29 is 4.74 Å². The molecule has 1 spiro atoms. The maximum absolute atomic E-state index is 6.86. The SMILES string of the molecule is c1ccc(-c2nc(-c3ccc4c(c3)Oc3ccccc3C43c4ccccc4-c4ccccc43)cc(-c3ccc(-c4ccccc4)c4ccccc34)n2)cc1. The third-order valence-electron chi connectivity index (χ3n) is 11.2. The highest BCUT2D eigenvalue weighted by Crippen LogP contribution is 2.62. The van der Waals surface area contributed by atoms with Crippen LogP contribution in [-0.4, -0.2) is 9.97 Å². The standard InChI is InChI=1S/C51H32N2O/c1-3-15-33(16-4-1)36-28-29-41(38-20-8-7-19-37(36)38)47-32-46(52-50(53-47)34-17-5-2-6-18-34)35-27-30-45-49(31-35)54-48-26-14-13-25-44(48)51(45)42-23-11-9-21-39(42)40-22-10-12-24-43(40)51/h1-32H. The van der Waals surface area contributed by atoms with Crippen molar-refractivity contribution in [2.75, 3.05) is 0 Å². The van der Waals surface area contributed by atoms with E-state index in [1.165, 1.54) is 38.8 Å². The fourth-order valence-electron chi connectivity index (χ4n) is 8.86. The molecule has 1 aliphatic carbocycles. The predicted molar refractivity (Wildman–Crippen MR) is 219 cm³/mol. The molecule has 11 rings (SSSR count). The predicted octanol–water partition coefficient (Wildman–Crippen LogP) is 12.8. The summed E-state index contributed by atoms with van der Waals surface area (Å²) in [5.41, 5.74) is 13.9. The van der Waals surface area contributed by atoms with Gasteiger partial charge in [-0.3, -0.25) is 0 Å². The van der Waals surface area contributed by atoms with E-state index in [4.69, 9.17) is 14.7 Å². The van der Waals surface area contributed by atoms with Gasteiger partial charge in [0.2, 0.25) is 0 Å². The second kappa shape index (κ2) is 12.0. The number of aromatic nitrogens is 2. The van der Waals surface area contributed by atoms with Crippen molar-refractivity contribution in [1.82, 2.24) is 9.97 Å². The highest BCUT2D eigenvalue weighted by atomic mass is 16.5. The maximum Gasteiger partial charge on any atom is 0.160 e. The summed E-state index contributed by atoms with van der Waals surface area (Å²) in [5.74, 6) is 2.38. The van der Waals surface area contributed by atoms with Gasteiger partial charge in [0.1, 0.15) is 11.5 Å². The molecule has 0 amide bonds. The number of hydrogen-bond donors (Lipinski definition) is 0. The zero-order valence-electron chi connectivity index (χ0n) is 29.3. The van der Waals surface area contributed by atoms with Gasteiger partial charge in [-0.15, -0.1) is 0 Å². The van der Waals surface area contributed by atoms with Crippen molar-refractivity contribution in [1.29, 1.82) is 0 Å². The van der Waals surface area contributed by atoms with Gasteiger partial charge in [-0.1, -0.05) is 176 Å². The lowest BCUT2D eigenvalue weighted by atomic mass is 9.66.